The topological polar surface area (TPSA) is 92.4 Å². The fourth-order valence-electron chi connectivity index (χ4n) is 2.69. The molecule has 3 atom stereocenters. The van der Waals surface area contributed by atoms with E-state index in [2.05, 4.69) is 19.2 Å². The van der Waals surface area contributed by atoms with E-state index in [1.165, 1.54) is 6.92 Å². The number of carboxylic acids is 1. The average molecular weight is 268 g/mol. The second kappa shape index (κ2) is 6.70. The molecule has 0 aromatic carbocycles. The van der Waals surface area contributed by atoms with Gasteiger partial charge in [-0.15, -0.1) is 0 Å². The molecule has 0 saturated carbocycles. The maximum absolute atomic E-state index is 11.3. The van der Waals surface area contributed by atoms with Crippen molar-refractivity contribution < 1.29 is 14.7 Å². The summed E-state index contributed by atoms with van der Waals surface area (Å²) in [5.74, 6) is -0.400. The van der Waals surface area contributed by atoms with Crippen LogP contribution in [0.25, 0.3) is 0 Å². The van der Waals surface area contributed by atoms with Crippen molar-refractivity contribution in [1.29, 1.82) is 0 Å². The second-order valence-corrected chi connectivity index (χ2v) is 5.74. The van der Waals surface area contributed by atoms with Gasteiger partial charge in [-0.2, -0.15) is 0 Å². The van der Waals surface area contributed by atoms with E-state index in [1.807, 2.05) is 0 Å². The summed E-state index contributed by atoms with van der Waals surface area (Å²) in [4.78, 5) is 22.2. The Bertz CT molecular complexity index is 377. The molecule has 0 bridgehead atoms. The monoisotopic (exact) mass is 268 g/mol. The van der Waals surface area contributed by atoms with Crippen molar-refractivity contribution in [2.45, 2.75) is 52.1 Å². The van der Waals surface area contributed by atoms with Gasteiger partial charge in [0, 0.05) is 24.6 Å². The summed E-state index contributed by atoms with van der Waals surface area (Å²) in [6.45, 7) is 5.70. The van der Waals surface area contributed by atoms with Crippen molar-refractivity contribution >= 4 is 11.9 Å². The molecule has 0 saturated heterocycles. The Morgan fingerprint density at radius 2 is 2.16 bits per heavy atom. The maximum atomic E-state index is 11.3. The molecule has 0 heterocycles. The fourth-order valence-corrected chi connectivity index (χ4v) is 2.69. The highest BCUT2D eigenvalue weighted by atomic mass is 16.4. The van der Waals surface area contributed by atoms with Crippen LogP contribution in [0.1, 0.15) is 40.0 Å². The van der Waals surface area contributed by atoms with Crippen LogP contribution >= 0.6 is 0 Å². The molecule has 19 heavy (non-hydrogen) atoms. The van der Waals surface area contributed by atoms with Crippen molar-refractivity contribution in [2.75, 3.05) is 0 Å². The zero-order valence-corrected chi connectivity index (χ0v) is 11.8. The molecule has 1 aliphatic carbocycles. The number of nitrogens with one attached hydrogen (secondary N) is 1. The molecule has 1 rings (SSSR count). The average Bonchev–Trinajstić information content (AvgIpc) is 2.26. The SMILES string of the molecule is CC(=O)N[C@@H](CC(C)C)[C@@H]1CC=C(C(=O)O)C[C@H]1N. The third-order valence-electron chi connectivity index (χ3n) is 3.55. The van der Waals surface area contributed by atoms with Crippen LogP contribution in [0.4, 0.5) is 0 Å². The Kier molecular flexibility index (Phi) is 5.54. The summed E-state index contributed by atoms with van der Waals surface area (Å²) in [6, 6.07) is -0.203. The maximum Gasteiger partial charge on any atom is 0.331 e. The first kappa shape index (κ1) is 15.7. The van der Waals surface area contributed by atoms with Crippen molar-refractivity contribution in [1.82, 2.24) is 5.32 Å². The molecule has 5 nitrogen and oxygen atoms in total. The highest BCUT2D eigenvalue weighted by molar-refractivity contribution is 5.86. The van der Waals surface area contributed by atoms with Crippen LogP contribution in [0.15, 0.2) is 11.6 Å². The van der Waals surface area contributed by atoms with Crippen LogP contribution in [0.5, 0.6) is 0 Å². The van der Waals surface area contributed by atoms with Gasteiger partial charge in [0.25, 0.3) is 0 Å². The van der Waals surface area contributed by atoms with Crippen molar-refractivity contribution in [3.63, 3.8) is 0 Å². The summed E-state index contributed by atoms with van der Waals surface area (Å²) < 4.78 is 0. The number of hydrogen-bond donors (Lipinski definition) is 3. The minimum absolute atomic E-state index is 0.0131. The summed E-state index contributed by atoms with van der Waals surface area (Å²) >= 11 is 0. The third-order valence-corrected chi connectivity index (χ3v) is 3.55. The first-order valence-electron chi connectivity index (χ1n) is 6.76. The van der Waals surface area contributed by atoms with Gasteiger partial charge >= 0.3 is 5.97 Å². The Morgan fingerprint density at radius 1 is 1.53 bits per heavy atom. The number of aliphatic carboxylic acids is 1. The van der Waals surface area contributed by atoms with Gasteiger partial charge in [0.05, 0.1) is 0 Å². The fraction of sp³-hybridized carbons (Fsp3) is 0.714. The largest absolute Gasteiger partial charge is 0.478 e. The van der Waals surface area contributed by atoms with Crippen LogP contribution in [0.2, 0.25) is 0 Å². The van der Waals surface area contributed by atoms with E-state index in [0.29, 0.717) is 24.3 Å². The molecule has 108 valence electrons. The van der Waals surface area contributed by atoms with Gasteiger partial charge in [-0.1, -0.05) is 19.9 Å². The van der Waals surface area contributed by atoms with E-state index >= 15 is 0 Å². The molecular weight excluding hydrogens is 244 g/mol. The zero-order chi connectivity index (χ0) is 14.6. The summed E-state index contributed by atoms with van der Waals surface area (Å²) in [5.41, 5.74) is 6.49. The first-order chi connectivity index (χ1) is 8.81. The molecule has 0 aliphatic heterocycles. The molecule has 5 heteroatoms. The predicted octanol–water partition coefficient (Wildman–Crippen LogP) is 1.29. The summed E-state index contributed by atoms with van der Waals surface area (Å²) in [6.07, 6.45) is 3.58. The Hall–Kier alpha value is -1.36. The molecule has 1 aliphatic rings. The van der Waals surface area contributed by atoms with Crippen LogP contribution in [-0.4, -0.2) is 29.1 Å². The molecule has 0 fully saturated rings. The highest BCUT2D eigenvalue weighted by Crippen LogP contribution is 2.28. The zero-order valence-electron chi connectivity index (χ0n) is 11.8. The molecule has 0 unspecified atom stereocenters. The normalized spacial score (nSPS) is 24.8. The number of carbonyl (C=O) groups is 2. The standard InChI is InChI=1S/C14H24N2O3/c1-8(2)6-13(16-9(3)17)11-5-4-10(14(18)19)7-12(11)15/h4,8,11-13H,5-7,15H2,1-3H3,(H,16,17)(H,18,19)/t11-,12-,13+/m1/s1. The predicted molar refractivity (Wildman–Crippen MR) is 73.5 cm³/mol. The van der Waals surface area contributed by atoms with Gasteiger partial charge in [-0.3, -0.25) is 4.79 Å². The van der Waals surface area contributed by atoms with Crippen molar-refractivity contribution in [2.24, 2.45) is 17.6 Å². The number of hydrogen-bond acceptors (Lipinski definition) is 3. The number of carbonyl (C=O) groups excluding carboxylic acids is 1. The molecule has 4 N–H and O–H groups in total. The lowest BCUT2D eigenvalue weighted by Gasteiger charge is -2.35. The van der Waals surface area contributed by atoms with E-state index < -0.39 is 5.97 Å². The lowest BCUT2D eigenvalue weighted by molar-refractivity contribution is -0.133. The van der Waals surface area contributed by atoms with Gasteiger partial charge in [0.15, 0.2) is 0 Å². The van der Waals surface area contributed by atoms with Gasteiger partial charge in [-0.05, 0) is 31.1 Å². The molecule has 0 spiro atoms. The van der Waals surface area contributed by atoms with E-state index in [-0.39, 0.29) is 23.9 Å². The molecule has 1 amide bonds. The minimum Gasteiger partial charge on any atom is -0.478 e. The second-order valence-electron chi connectivity index (χ2n) is 5.74. The summed E-state index contributed by atoms with van der Waals surface area (Å²) in [7, 11) is 0. The lowest BCUT2D eigenvalue weighted by Crippen LogP contribution is -2.48. The van der Waals surface area contributed by atoms with Gasteiger partial charge in [0.2, 0.25) is 5.91 Å². The Labute approximate surface area is 114 Å². The first-order valence-corrected chi connectivity index (χ1v) is 6.76. The van der Waals surface area contributed by atoms with E-state index in [0.717, 1.165) is 6.42 Å². The number of allylic oxidation sites excluding steroid dienone is 1. The highest BCUT2D eigenvalue weighted by Gasteiger charge is 2.32. The van der Waals surface area contributed by atoms with E-state index in [1.54, 1.807) is 6.08 Å². The molecular formula is C14H24N2O3. The molecule has 0 radical (unpaired) electrons. The van der Waals surface area contributed by atoms with Crippen LogP contribution in [-0.2, 0) is 9.59 Å². The number of rotatable bonds is 5. The van der Waals surface area contributed by atoms with Crippen LogP contribution in [0.3, 0.4) is 0 Å². The van der Waals surface area contributed by atoms with Crippen molar-refractivity contribution in [3.8, 4) is 0 Å². The van der Waals surface area contributed by atoms with Gasteiger partial charge in [0.1, 0.15) is 0 Å². The number of carboxylic acid groups (broad SMARTS) is 1. The summed E-state index contributed by atoms with van der Waals surface area (Å²) in [5, 5.41) is 11.9. The minimum atomic E-state index is -0.895. The molecule has 0 aromatic heterocycles. The third kappa shape index (κ3) is 4.67. The van der Waals surface area contributed by atoms with Crippen LogP contribution in [0, 0.1) is 11.8 Å². The Balaban J connectivity index is 2.79. The van der Waals surface area contributed by atoms with E-state index in [9.17, 15) is 9.59 Å². The number of nitrogens with two attached hydrogens (primary N) is 1. The van der Waals surface area contributed by atoms with Crippen LogP contribution < -0.4 is 11.1 Å². The smallest absolute Gasteiger partial charge is 0.331 e. The lowest BCUT2D eigenvalue weighted by atomic mass is 9.78. The Morgan fingerprint density at radius 3 is 2.58 bits per heavy atom. The van der Waals surface area contributed by atoms with Crippen molar-refractivity contribution in [3.05, 3.63) is 11.6 Å². The number of amides is 1. The van der Waals surface area contributed by atoms with Gasteiger partial charge < -0.3 is 16.2 Å². The van der Waals surface area contributed by atoms with E-state index in [4.69, 9.17) is 10.8 Å². The quantitative estimate of drug-likeness (QED) is 0.700. The van der Waals surface area contributed by atoms with Gasteiger partial charge in [-0.25, -0.2) is 4.79 Å². The molecule has 0 aromatic rings.